The van der Waals surface area contributed by atoms with Gasteiger partial charge in [0.25, 0.3) is 0 Å². The third-order valence-corrected chi connectivity index (χ3v) is 3.02. The minimum absolute atomic E-state index is 0. The molecule has 0 fully saturated rings. The normalized spacial score (nSPS) is 13.3. The minimum Gasteiger partial charge on any atom is -0.353 e. The smallest absolute Gasteiger partial charge is 0.220 e. The molecule has 0 heterocycles. The summed E-state index contributed by atoms with van der Waals surface area (Å²) in [5.41, 5.74) is 8.20. The fourth-order valence-electron chi connectivity index (χ4n) is 1.93. The summed E-state index contributed by atoms with van der Waals surface area (Å²) in [5, 5.41) is 3.02. The molecular weight excluding hydrogens is 260 g/mol. The topological polar surface area (TPSA) is 55.1 Å². The number of aryl methyl sites for hydroxylation is 1. The molecule has 0 saturated heterocycles. The van der Waals surface area contributed by atoms with Gasteiger partial charge in [-0.1, -0.05) is 24.3 Å². The van der Waals surface area contributed by atoms with E-state index in [2.05, 4.69) is 24.4 Å². The van der Waals surface area contributed by atoms with Crippen molar-refractivity contribution in [3.8, 4) is 0 Å². The number of rotatable bonds is 6. The first-order chi connectivity index (χ1) is 8.49. The maximum atomic E-state index is 11.7. The summed E-state index contributed by atoms with van der Waals surface area (Å²) in [5.74, 6) is 0.0911. The zero-order valence-electron chi connectivity index (χ0n) is 12.0. The number of hydrogen-bond acceptors (Lipinski definition) is 2. The van der Waals surface area contributed by atoms with Crippen LogP contribution in [-0.2, 0) is 11.2 Å². The average molecular weight is 285 g/mol. The molecule has 0 spiro atoms. The van der Waals surface area contributed by atoms with E-state index in [0.29, 0.717) is 6.42 Å². The van der Waals surface area contributed by atoms with Crippen molar-refractivity contribution in [3.05, 3.63) is 35.4 Å². The summed E-state index contributed by atoms with van der Waals surface area (Å²) < 4.78 is 0. The minimum atomic E-state index is 0. The Morgan fingerprint density at radius 2 is 1.95 bits per heavy atom. The number of carbonyl (C=O) groups is 1. The van der Waals surface area contributed by atoms with Crippen molar-refractivity contribution in [1.29, 1.82) is 0 Å². The van der Waals surface area contributed by atoms with Crippen LogP contribution in [0.2, 0.25) is 0 Å². The van der Waals surface area contributed by atoms with Crippen LogP contribution < -0.4 is 11.1 Å². The number of hydrogen-bond donors (Lipinski definition) is 2. The molecule has 0 saturated carbocycles. The molecule has 1 aromatic rings. The van der Waals surface area contributed by atoms with Crippen LogP contribution in [0.15, 0.2) is 24.3 Å². The number of carbonyl (C=O) groups excluding carboxylic acids is 1. The van der Waals surface area contributed by atoms with E-state index in [0.717, 1.165) is 12.8 Å². The van der Waals surface area contributed by atoms with Crippen molar-refractivity contribution in [2.75, 3.05) is 0 Å². The van der Waals surface area contributed by atoms with Crippen LogP contribution in [0.5, 0.6) is 0 Å². The third kappa shape index (κ3) is 7.19. The molecule has 0 bridgehead atoms. The van der Waals surface area contributed by atoms with E-state index in [4.69, 9.17) is 5.73 Å². The molecular formula is C15H25ClN2O. The lowest BCUT2D eigenvalue weighted by atomic mass is 10.0. The van der Waals surface area contributed by atoms with Crippen molar-refractivity contribution in [3.63, 3.8) is 0 Å². The van der Waals surface area contributed by atoms with Crippen LogP contribution in [0, 0.1) is 6.92 Å². The van der Waals surface area contributed by atoms with Gasteiger partial charge in [0.05, 0.1) is 0 Å². The Hall–Kier alpha value is -1.06. The Bertz CT molecular complexity index is 393. The van der Waals surface area contributed by atoms with Crippen molar-refractivity contribution in [2.45, 2.75) is 52.1 Å². The highest BCUT2D eigenvalue weighted by atomic mass is 35.5. The fraction of sp³-hybridized carbons (Fsp3) is 0.533. The van der Waals surface area contributed by atoms with Crippen molar-refractivity contribution in [1.82, 2.24) is 5.32 Å². The van der Waals surface area contributed by atoms with Gasteiger partial charge >= 0.3 is 0 Å². The molecule has 1 amide bonds. The van der Waals surface area contributed by atoms with Gasteiger partial charge in [0, 0.05) is 18.5 Å². The summed E-state index contributed by atoms with van der Waals surface area (Å²) >= 11 is 0. The first kappa shape index (κ1) is 17.9. The first-order valence-electron chi connectivity index (χ1n) is 6.58. The Balaban J connectivity index is 0.00000324. The first-order valence-corrected chi connectivity index (χ1v) is 6.58. The van der Waals surface area contributed by atoms with Gasteiger partial charge in [-0.25, -0.2) is 0 Å². The van der Waals surface area contributed by atoms with Crippen LogP contribution in [0.3, 0.4) is 0 Å². The molecule has 4 heteroatoms. The fourth-order valence-corrected chi connectivity index (χ4v) is 1.93. The number of nitrogens with one attached hydrogen (secondary N) is 1. The van der Waals surface area contributed by atoms with Gasteiger partial charge in [-0.3, -0.25) is 4.79 Å². The summed E-state index contributed by atoms with van der Waals surface area (Å²) in [6, 6.07) is 8.52. The SMILES string of the molecule is Cc1ccccc1CC(C)NC(=O)CCC(C)N.Cl. The lowest BCUT2D eigenvalue weighted by Gasteiger charge is -2.15. The number of benzene rings is 1. The summed E-state index contributed by atoms with van der Waals surface area (Å²) in [6.07, 6.45) is 2.12. The largest absolute Gasteiger partial charge is 0.353 e. The molecule has 1 rings (SSSR count). The van der Waals surface area contributed by atoms with Gasteiger partial charge in [0.2, 0.25) is 5.91 Å². The van der Waals surface area contributed by atoms with Gasteiger partial charge in [-0.05, 0) is 44.7 Å². The number of nitrogens with two attached hydrogens (primary N) is 1. The summed E-state index contributed by atoms with van der Waals surface area (Å²) in [4.78, 5) is 11.7. The zero-order valence-corrected chi connectivity index (χ0v) is 12.8. The molecule has 1 aromatic carbocycles. The van der Waals surface area contributed by atoms with Crippen LogP contribution in [0.25, 0.3) is 0 Å². The zero-order chi connectivity index (χ0) is 13.5. The Labute approximate surface area is 122 Å². The molecule has 3 N–H and O–H groups in total. The van der Waals surface area contributed by atoms with Crippen LogP contribution in [0.4, 0.5) is 0 Å². The van der Waals surface area contributed by atoms with E-state index in [1.807, 2.05) is 26.0 Å². The second-order valence-corrected chi connectivity index (χ2v) is 5.12. The lowest BCUT2D eigenvalue weighted by molar-refractivity contribution is -0.121. The number of halogens is 1. The molecule has 0 aliphatic rings. The monoisotopic (exact) mass is 284 g/mol. The lowest BCUT2D eigenvalue weighted by Crippen LogP contribution is -2.34. The Morgan fingerprint density at radius 1 is 1.32 bits per heavy atom. The van der Waals surface area contributed by atoms with Crippen molar-refractivity contribution >= 4 is 18.3 Å². The molecule has 0 radical (unpaired) electrons. The van der Waals surface area contributed by atoms with Gasteiger partial charge in [0.1, 0.15) is 0 Å². The highest BCUT2D eigenvalue weighted by molar-refractivity contribution is 5.85. The maximum Gasteiger partial charge on any atom is 0.220 e. The van der Waals surface area contributed by atoms with Crippen molar-refractivity contribution in [2.24, 2.45) is 5.73 Å². The van der Waals surface area contributed by atoms with Crippen molar-refractivity contribution < 1.29 is 4.79 Å². The highest BCUT2D eigenvalue weighted by Crippen LogP contribution is 2.09. The summed E-state index contributed by atoms with van der Waals surface area (Å²) in [7, 11) is 0. The van der Waals surface area contributed by atoms with Gasteiger partial charge in [-0.2, -0.15) is 0 Å². The van der Waals surface area contributed by atoms with E-state index >= 15 is 0 Å². The van der Waals surface area contributed by atoms with Crippen LogP contribution in [0.1, 0.15) is 37.8 Å². The quantitative estimate of drug-likeness (QED) is 0.844. The molecule has 3 nitrogen and oxygen atoms in total. The maximum absolute atomic E-state index is 11.7. The Kier molecular flexibility index (Phi) is 8.44. The van der Waals surface area contributed by atoms with Gasteiger partial charge < -0.3 is 11.1 Å². The van der Waals surface area contributed by atoms with E-state index < -0.39 is 0 Å². The van der Waals surface area contributed by atoms with E-state index in [9.17, 15) is 4.79 Å². The average Bonchev–Trinajstić information content (AvgIpc) is 2.29. The standard InChI is InChI=1S/C15H24N2O.ClH/c1-11-6-4-5-7-14(11)10-13(3)17-15(18)9-8-12(2)16;/h4-7,12-13H,8-10,16H2,1-3H3,(H,17,18);1H. The van der Waals surface area contributed by atoms with Gasteiger partial charge in [-0.15, -0.1) is 12.4 Å². The molecule has 19 heavy (non-hydrogen) atoms. The van der Waals surface area contributed by atoms with E-state index in [1.165, 1.54) is 11.1 Å². The number of amides is 1. The molecule has 0 aromatic heterocycles. The van der Waals surface area contributed by atoms with E-state index in [1.54, 1.807) is 0 Å². The van der Waals surface area contributed by atoms with Crippen LogP contribution >= 0.6 is 12.4 Å². The Morgan fingerprint density at radius 3 is 2.53 bits per heavy atom. The van der Waals surface area contributed by atoms with E-state index in [-0.39, 0.29) is 30.4 Å². The predicted octanol–water partition coefficient (Wildman–Crippen LogP) is 2.59. The molecule has 2 unspecified atom stereocenters. The second-order valence-electron chi connectivity index (χ2n) is 5.12. The highest BCUT2D eigenvalue weighted by Gasteiger charge is 2.09. The summed E-state index contributed by atoms with van der Waals surface area (Å²) in [6.45, 7) is 6.06. The molecule has 0 aliphatic carbocycles. The molecule has 108 valence electrons. The molecule has 2 atom stereocenters. The second kappa shape index (κ2) is 8.94. The van der Waals surface area contributed by atoms with Crippen LogP contribution in [-0.4, -0.2) is 18.0 Å². The predicted molar refractivity (Wildman–Crippen MR) is 82.6 cm³/mol. The third-order valence-electron chi connectivity index (χ3n) is 3.02. The van der Waals surface area contributed by atoms with Gasteiger partial charge in [0.15, 0.2) is 0 Å². The molecule has 0 aliphatic heterocycles.